The number of benzene rings is 1. The summed E-state index contributed by atoms with van der Waals surface area (Å²) >= 11 is 2.24. The van der Waals surface area contributed by atoms with Crippen LogP contribution in [0.5, 0.6) is 0 Å². The first-order valence-electron chi connectivity index (χ1n) is 5.87. The Morgan fingerprint density at radius 1 is 1.18 bits per heavy atom. The normalized spacial score (nSPS) is 34.0. The van der Waals surface area contributed by atoms with E-state index in [1.165, 1.54) is 0 Å². The molecular formula is C14H17IO2. The van der Waals surface area contributed by atoms with Crippen molar-refractivity contribution in [3.63, 3.8) is 0 Å². The van der Waals surface area contributed by atoms with Crippen molar-refractivity contribution < 1.29 is 10.2 Å². The Morgan fingerprint density at radius 2 is 1.82 bits per heavy atom. The number of aliphatic hydroxyl groups excluding tert-OH is 2. The van der Waals surface area contributed by atoms with E-state index in [1.807, 2.05) is 43.3 Å². The zero-order valence-corrected chi connectivity index (χ0v) is 11.9. The fourth-order valence-corrected chi connectivity index (χ4v) is 3.04. The van der Waals surface area contributed by atoms with E-state index in [0.717, 1.165) is 11.1 Å². The molecule has 0 radical (unpaired) electrons. The third-order valence-electron chi connectivity index (χ3n) is 3.42. The monoisotopic (exact) mass is 344 g/mol. The number of hydrogen-bond acceptors (Lipinski definition) is 2. The predicted octanol–water partition coefficient (Wildman–Crippen LogP) is 2.64. The SMILES string of the molecule is C[C@H]1[C@H](I)[C@@H](O)C(c2ccccc2)=CC[C@@H]1O. The van der Waals surface area contributed by atoms with E-state index in [4.69, 9.17) is 0 Å². The van der Waals surface area contributed by atoms with E-state index in [2.05, 4.69) is 22.6 Å². The van der Waals surface area contributed by atoms with Crippen LogP contribution in [-0.2, 0) is 0 Å². The second kappa shape index (κ2) is 5.50. The topological polar surface area (TPSA) is 40.5 Å². The molecular weight excluding hydrogens is 327 g/mol. The molecule has 2 rings (SSSR count). The Kier molecular flexibility index (Phi) is 4.22. The van der Waals surface area contributed by atoms with Gasteiger partial charge in [-0.15, -0.1) is 0 Å². The highest BCUT2D eigenvalue weighted by Crippen LogP contribution is 2.34. The standard InChI is InChI=1S/C14H17IO2/c1-9-12(16)8-7-11(14(17)13(9)15)10-5-3-2-4-6-10/h2-7,9,12-14,16-17H,8H2,1H3/t9-,12+,13+,14+/m1/s1. The van der Waals surface area contributed by atoms with Crippen LogP contribution >= 0.6 is 22.6 Å². The molecule has 1 aliphatic rings. The van der Waals surface area contributed by atoms with Gasteiger partial charge in [-0.25, -0.2) is 0 Å². The van der Waals surface area contributed by atoms with Gasteiger partial charge in [-0.2, -0.15) is 0 Å². The number of hydrogen-bond donors (Lipinski definition) is 2. The molecule has 0 saturated carbocycles. The first-order valence-corrected chi connectivity index (χ1v) is 7.11. The lowest BCUT2D eigenvalue weighted by Gasteiger charge is -2.25. The zero-order chi connectivity index (χ0) is 12.4. The van der Waals surface area contributed by atoms with E-state index in [0.29, 0.717) is 6.42 Å². The van der Waals surface area contributed by atoms with Gasteiger partial charge < -0.3 is 10.2 Å². The molecule has 17 heavy (non-hydrogen) atoms. The Balaban J connectivity index is 2.34. The fraction of sp³-hybridized carbons (Fsp3) is 0.429. The molecule has 2 N–H and O–H groups in total. The van der Waals surface area contributed by atoms with Crippen molar-refractivity contribution in [1.29, 1.82) is 0 Å². The maximum absolute atomic E-state index is 10.4. The summed E-state index contributed by atoms with van der Waals surface area (Å²) in [6.45, 7) is 1.99. The lowest BCUT2D eigenvalue weighted by atomic mass is 9.94. The summed E-state index contributed by atoms with van der Waals surface area (Å²) < 4.78 is 0.0385. The highest BCUT2D eigenvalue weighted by Gasteiger charge is 2.32. The molecule has 4 atom stereocenters. The minimum Gasteiger partial charge on any atom is -0.392 e. The van der Waals surface area contributed by atoms with E-state index >= 15 is 0 Å². The Labute approximate surface area is 116 Å². The van der Waals surface area contributed by atoms with Crippen LogP contribution in [-0.4, -0.2) is 26.3 Å². The number of alkyl halides is 1. The van der Waals surface area contributed by atoms with Crippen LogP contribution in [0.3, 0.4) is 0 Å². The quantitative estimate of drug-likeness (QED) is 0.607. The van der Waals surface area contributed by atoms with Crippen LogP contribution in [0.1, 0.15) is 18.9 Å². The second-order valence-electron chi connectivity index (χ2n) is 4.58. The molecule has 1 aliphatic carbocycles. The van der Waals surface area contributed by atoms with Gasteiger partial charge in [0.05, 0.1) is 12.2 Å². The van der Waals surface area contributed by atoms with Crippen LogP contribution in [0.4, 0.5) is 0 Å². The predicted molar refractivity (Wildman–Crippen MR) is 78.0 cm³/mol. The summed E-state index contributed by atoms with van der Waals surface area (Å²) in [4.78, 5) is 0. The molecule has 1 aromatic carbocycles. The molecule has 0 spiro atoms. The molecule has 0 amide bonds. The first-order chi connectivity index (χ1) is 8.11. The largest absolute Gasteiger partial charge is 0.392 e. The zero-order valence-electron chi connectivity index (χ0n) is 9.75. The molecule has 0 heterocycles. The van der Waals surface area contributed by atoms with Crippen LogP contribution in [0.25, 0.3) is 5.57 Å². The van der Waals surface area contributed by atoms with Crippen molar-refractivity contribution in [1.82, 2.24) is 0 Å². The van der Waals surface area contributed by atoms with Crippen molar-refractivity contribution in [3.05, 3.63) is 42.0 Å². The van der Waals surface area contributed by atoms with Gasteiger partial charge in [-0.3, -0.25) is 0 Å². The Bertz CT molecular complexity index is 402. The van der Waals surface area contributed by atoms with Crippen molar-refractivity contribution in [2.24, 2.45) is 5.92 Å². The number of halogens is 1. The summed E-state index contributed by atoms with van der Waals surface area (Å²) in [7, 11) is 0. The molecule has 0 fully saturated rings. The van der Waals surface area contributed by atoms with Crippen LogP contribution in [0, 0.1) is 5.92 Å². The van der Waals surface area contributed by atoms with Crippen LogP contribution in [0.2, 0.25) is 0 Å². The van der Waals surface area contributed by atoms with Gasteiger partial charge in [-0.1, -0.05) is 65.9 Å². The minimum absolute atomic E-state index is 0.0385. The van der Waals surface area contributed by atoms with Gasteiger partial charge in [0.15, 0.2) is 0 Å². The summed E-state index contributed by atoms with van der Waals surface area (Å²) in [5, 5.41) is 20.3. The summed E-state index contributed by atoms with van der Waals surface area (Å²) in [5.41, 5.74) is 1.98. The maximum atomic E-state index is 10.4. The summed E-state index contributed by atoms with van der Waals surface area (Å²) in [6.07, 6.45) is 1.71. The minimum atomic E-state index is -0.509. The Hall–Kier alpha value is -0.390. The van der Waals surface area contributed by atoms with E-state index in [9.17, 15) is 10.2 Å². The van der Waals surface area contributed by atoms with Crippen molar-refractivity contribution in [3.8, 4) is 0 Å². The lowest BCUT2D eigenvalue weighted by Crippen LogP contribution is -2.32. The van der Waals surface area contributed by atoms with Crippen LogP contribution < -0.4 is 0 Å². The van der Waals surface area contributed by atoms with Gasteiger partial charge in [0, 0.05) is 3.92 Å². The molecule has 0 unspecified atom stereocenters. The average Bonchev–Trinajstić information content (AvgIpc) is 2.45. The van der Waals surface area contributed by atoms with Gasteiger partial charge in [-0.05, 0) is 23.5 Å². The third-order valence-corrected chi connectivity index (χ3v) is 5.23. The summed E-state index contributed by atoms with van der Waals surface area (Å²) in [6, 6.07) is 9.90. The van der Waals surface area contributed by atoms with Crippen molar-refractivity contribution >= 4 is 28.2 Å². The molecule has 3 heteroatoms. The van der Waals surface area contributed by atoms with Gasteiger partial charge >= 0.3 is 0 Å². The average molecular weight is 344 g/mol. The van der Waals surface area contributed by atoms with Gasteiger partial charge in [0.1, 0.15) is 0 Å². The van der Waals surface area contributed by atoms with E-state index in [-0.39, 0.29) is 15.9 Å². The highest BCUT2D eigenvalue weighted by molar-refractivity contribution is 14.1. The van der Waals surface area contributed by atoms with Crippen LogP contribution in [0.15, 0.2) is 36.4 Å². The van der Waals surface area contributed by atoms with Gasteiger partial charge in [0.25, 0.3) is 0 Å². The van der Waals surface area contributed by atoms with Crippen molar-refractivity contribution in [2.75, 3.05) is 0 Å². The molecule has 2 nitrogen and oxygen atoms in total. The fourth-order valence-electron chi connectivity index (χ4n) is 2.17. The first kappa shape index (κ1) is 13.1. The molecule has 0 aromatic heterocycles. The number of aliphatic hydroxyl groups is 2. The molecule has 1 aromatic rings. The van der Waals surface area contributed by atoms with E-state index in [1.54, 1.807) is 0 Å². The maximum Gasteiger partial charge on any atom is 0.0913 e. The van der Waals surface area contributed by atoms with E-state index < -0.39 is 6.10 Å². The second-order valence-corrected chi connectivity index (χ2v) is 6.02. The Morgan fingerprint density at radius 3 is 2.47 bits per heavy atom. The molecule has 0 saturated heterocycles. The molecule has 0 aliphatic heterocycles. The smallest absolute Gasteiger partial charge is 0.0913 e. The number of rotatable bonds is 1. The van der Waals surface area contributed by atoms with Gasteiger partial charge in [0.2, 0.25) is 0 Å². The summed E-state index contributed by atoms with van der Waals surface area (Å²) in [5.74, 6) is 0.100. The molecule has 92 valence electrons. The highest BCUT2D eigenvalue weighted by atomic mass is 127. The third kappa shape index (κ3) is 2.72. The molecule has 0 bridgehead atoms. The lowest BCUT2D eigenvalue weighted by molar-refractivity contribution is 0.103. The van der Waals surface area contributed by atoms with Crippen molar-refractivity contribution in [2.45, 2.75) is 29.5 Å².